The van der Waals surface area contributed by atoms with E-state index in [9.17, 15) is 13.6 Å². The lowest BCUT2D eigenvalue weighted by Crippen LogP contribution is -2.35. The Balaban J connectivity index is 0.00000176. The number of rotatable bonds is 3. The maximum atomic E-state index is 13.1. The lowest BCUT2D eigenvalue weighted by atomic mass is 10.1. The fourth-order valence-corrected chi connectivity index (χ4v) is 2.24. The molecule has 8 heteroatoms. The minimum atomic E-state index is -2.83. The molecular weight excluding hydrogens is 316 g/mol. The maximum absolute atomic E-state index is 13.1. The SMILES string of the molecule is Cl.O=C(Nc1cccc(-c2cnco2)c1)C1CC(F)(F)CN1. The molecule has 1 amide bonds. The van der Waals surface area contributed by atoms with Crippen molar-refractivity contribution in [3.05, 3.63) is 36.9 Å². The molecular formula is C14H14ClF2N3O2. The van der Waals surface area contributed by atoms with E-state index in [2.05, 4.69) is 15.6 Å². The van der Waals surface area contributed by atoms with Gasteiger partial charge in [0.2, 0.25) is 5.91 Å². The van der Waals surface area contributed by atoms with Gasteiger partial charge < -0.3 is 9.73 Å². The second kappa shape index (κ2) is 6.41. The van der Waals surface area contributed by atoms with Gasteiger partial charge >= 0.3 is 0 Å². The van der Waals surface area contributed by atoms with Gasteiger partial charge in [-0.25, -0.2) is 13.8 Å². The first kappa shape index (κ1) is 16.4. The largest absolute Gasteiger partial charge is 0.444 e. The van der Waals surface area contributed by atoms with E-state index < -0.39 is 30.8 Å². The summed E-state index contributed by atoms with van der Waals surface area (Å²) in [6.45, 7) is -0.469. The Hall–Kier alpha value is -1.99. The molecule has 1 unspecified atom stereocenters. The lowest BCUT2D eigenvalue weighted by molar-refractivity contribution is -0.118. The Labute approximate surface area is 131 Å². The standard InChI is InChI=1S/C14H13F2N3O2.ClH/c15-14(16)5-11(18-7-14)13(20)19-10-3-1-2-9(4-10)12-6-17-8-21-12;/h1-4,6,8,11,18H,5,7H2,(H,19,20);1H. The van der Waals surface area contributed by atoms with E-state index in [0.717, 1.165) is 5.56 Å². The zero-order valence-corrected chi connectivity index (χ0v) is 12.2. The topological polar surface area (TPSA) is 67.2 Å². The monoisotopic (exact) mass is 329 g/mol. The summed E-state index contributed by atoms with van der Waals surface area (Å²) in [4.78, 5) is 15.8. The summed E-state index contributed by atoms with van der Waals surface area (Å²) < 4.78 is 31.3. The van der Waals surface area contributed by atoms with Crippen LogP contribution in [0, 0.1) is 0 Å². The Morgan fingerprint density at radius 3 is 2.91 bits per heavy atom. The second-order valence-electron chi connectivity index (χ2n) is 4.93. The first-order valence-electron chi connectivity index (χ1n) is 6.44. The Morgan fingerprint density at radius 2 is 2.27 bits per heavy atom. The van der Waals surface area contributed by atoms with E-state index in [1.807, 2.05) is 0 Å². The number of aromatic nitrogens is 1. The molecule has 1 aliphatic heterocycles. The van der Waals surface area contributed by atoms with Gasteiger partial charge in [0, 0.05) is 17.7 Å². The first-order valence-corrected chi connectivity index (χ1v) is 6.44. The van der Waals surface area contributed by atoms with E-state index in [1.54, 1.807) is 30.5 Å². The van der Waals surface area contributed by atoms with E-state index in [4.69, 9.17) is 4.42 Å². The van der Waals surface area contributed by atoms with Crippen LogP contribution in [0.25, 0.3) is 11.3 Å². The van der Waals surface area contributed by atoms with E-state index in [-0.39, 0.29) is 12.4 Å². The van der Waals surface area contributed by atoms with Crippen LogP contribution in [-0.4, -0.2) is 29.4 Å². The average Bonchev–Trinajstić information content (AvgIpc) is 3.08. The number of carbonyl (C=O) groups is 1. The number of nitrogens with one attached hydrogen (secondary N) is 2. The number of carbonyl (C=O) groups excluding carboxylic acids is 1. The molecule has 22 heavy (non-hydrogen) atoms. The molecule has 1 fully saturated rings. The number of halogens is 3. The molecule has 0 saturated carbocycles. The molecule has 5 nitrogen and oxygen atoms in total. The van der Waals surface area contributed by atoms with Crippen LogP contribution in [0.15, 0.2) is 41.3 Å². The molecule has 0 spiro atoms. The van der Waals surface area contributed by atoms with Gasteiger partial charge in [0.25, 0.3) is 5.92 Å². The Kier molecular flexibility index (Phi) is 4.77. The lowest BCUT2D eigenvalue weighted by Gasteiger charge is -2.11. The van der Waals surface area contributed by atoms with Crippen LogP contribution >= 0.6 is 12.4 Å². The molecule has 3 rings (SSSR count). The van der Waals surface area contributed by atoms with Crippen molar-refractivity contribution in [2.45, 2.75) is 18.4 Å². The van der Waals surface area contributed by atoms with Crippen molar-refractivity contribution in [2.75, 3.05) is 11.9 Å². The molecule has 1 aliphatic rings. The summed E-state index contributed by atoms with van der Waals surface area (Å²) in [7, 11) is 0. The number of nitrogens with zero attached hydrogens (tertiary/aromatic N) is 1. The van der Waals surface area contributed by atoms with Gasteiger partial charge in [-0.15, -0.1) is 12.4 Å². The number of hydrogen-bond acceptors (Lipinski definition) is 4. The number of amides is 1. The van der Waals surface area contributed by atoms with Gasteiger partial charge in [0.1, 0.15) is 0 Å². The van der Waals surface area contributed by atoms with Crippen molar-refractivity contribution in [1.29, 1.82) is 0 Å². The number of alkyl halides is 2. The molecule has 0 radical (unpaired) electrons. The minimum Gasteiger partial charge on any atom is -0.444 e. The van der Waals surface area contributed by atoms with Crippen LogP contribution in [0.4, 0.5) is 14.5 Å². The molecule has 1 aromatic carbocycles. The summed E-state index contributed by atoms with van der Waals surface area (Å²) >= 11 is 0. The predicted molar refractivity (Wildman–Crippen MR) is 79.2 cm³/mol. The van der Waals surface area contributed by atoms with Gasteiger partial charge in [0.05, 0.1) is 18.8 Å². The third-order valence-electron chi connectivity index (χ3n) is 3.27. The van der Waals surface area contributed by atoms with Crippen LogP contribution in [0.2, 0.25) is 0 Å². The fourth-order valence-electron chi connectivity index (χ4n) is 2.24. The summed E-state index contributed by atoms with van der Waals surface area (Å²) in [6, 6.07) is 6.05. The fraction of sp³-hybridized carbons (Fsp3) is 0.286. The number of benzene rings is 1. The Morgan fingerprint density at radius 1 is 1.45 bits per heavy atom. The average molecular weight is 330 g/mol. The van der Waals surface area contributed by atoms with Crippen LogP contribution in [0.1, 0.15) is 6.42 Å². The van der Waals surface area contributed by atoms with Gasteiger partial charge in [-0.05, 0) is 12.1 Å². The summed E-state index contributed by atoms with van der Waals surface area (Å²) in [5, 5.41) is 5.15. The molecule has 1 atom stereocenters. The highest BCUT2D eigenvalue weighted by atomic mass is 35.5. The summed E-state index contributed by atoms with van der Waals surface area (Å²) in [5.41, 5.74) is 1.26. The quantitative estimate of drug-likeness (QED) is 0.908. The highest BCUT2D eigenvalue weighted by Gasteiger charge is 2.42. The van der Waals surface area contributed by atoms with Gasteiger partial charge in [-0.1, -0.05) is 12.1 Å². The van der Waals surface area contributed by atoms with Gasteiger partial charge in [-0.3, -0.25) is 10.1 Å². The molecule has 1 aromatic heterocycles. The van der Waals surface area contributed by atoms with Gasteiger partial charge in [0.15, 0.2) is 12.2 Å². The molecule has 0 aliphatic carbocycles. The van der Waals surface area contributed by atoms with Gasteiger partial charge in [-0.2, -0.15) is 0 Å². The second-order valence-corrected chi connectivity index (χ2v) is 4.93. The number of anilines is 1. The van der Waals surface area contributed by atoms with Crippen LogP contribution < -0.4 is 10.6 Å². The highest BCUT2D eigenvalue weighted by molar-refractivity contribution is 5.95. The van der Waals surface area contributed by atoms with E-state index in [0.29, 0.717) is 11.4 Å². The molecule has 2 heterocycles. The third-order valence-corrected chi connectivity index (χ3v) is 3.27. The molecule has 0 bridgehead atoms. The van der Waals surface area contributed by atoms with Crippen molar-refractivity contribution >= 4 is 24.0 Å². The molecule has 118 valence electrons. The van der Waals surface area contributed by atoms with Crippen molar-refractivity contribution in [3.8, 4) is 11.3 Å². The normalized spacial score (nSPS) is 19.5. The number of oxazole rings is 1. The zero-order chi connectivity index (χ0) is 14.9. The van der Waals surface area contributed by atoms with Crippen molar-refractivity contribution in [2.24, 2.45) is 0 Å². The Bertz CT molecular complexity index is 649. The highest BCUT2D eigenvalue weighted by Crippen LogP contribution is 2.26. The minimum absolute atomic E-state index is 0. The van der Waals surface area contributed by atoms with E-state index >= 15 is 0 Å². The third kappa shape index (κ3) is 3.61. The molecule has 2 aromatic rings. The first-order chi connectivity index (χ1) is 10.0. The van der Waals surface area contributed by atoms with Crippen molar-refractivity contribution < 1.29 is 18.0 Å². The summed E-state index contributed by atoms with van der Waals surface area (Å²) in [6.07, 6.45) is 2.38. The van der Waals surface area contributed by atoms with Crippen LogP contribution in [0.3, 0.4) is 0 Å². The summed E-state index contributed by atoms with van der Waals surface area (Å²) in [5.74, 6) is -2.73. The molecule has 1 saturated heterocycles. The van der Waals surface area contributed by atoms with E-state index in [1.165, 1.54) is 6.39 Å². The predicted octanol–water partition coefficient (Wildman–Crippen LogP) is 2.70. The number of hydrogen-bond donors (Lipinski definition) is 2. The molecule has 2 N–H and O–H groups in total. The van der Waals surface area contributed by atoms with Crippen molar-refractivity contribution in [1.82, 2.24) is 10.3 Å². The van der Waals surface area contributed by atoms with Crippen LogP contribution in [-0.2, 0) is 4.79 Å². The van der Waals surface area contributed by atoms with Crippen LogP contribution in [0.5, 0.6) is 0 Å². The zero-order valence-electron chi connectivity index (χ0n) is 11.4. The maximum Gasteiger partial charge on any atom is 0.262 e. The van der Waals surface area contributed by atoms with Crippen molar-refractivity contribution in [3.63, 3.8) is 0 Å². The smallest absolute Gasteiger partial charge is 0.262 e.